The van der Waals surface area contributed by atoms with Gasteiger partial charge in [0, 0.05) is 30.7 Å². The van der Waals surface area contributed by atoms with Gasteiger partial charge in [0.15, 0.2) is 0 Å². The number of anilines is 1. The van der Waals surface area contributed by atoms with Gasteiger partial charge in [0.05, 0.1) is 19.3 Å². The van der Waals surface area contributed by atoms with Gasteiger partial charge in [-0.1, -0.05) is 30.3 Å². The lowest BCUT2D eigenvalue weighted by Crippen LogP contribution is -2.43. The SMILES string of the molecule is COc1ccccc1C(=O)N1CCC2(COCC(=O)N(c3ccccc3)C2)C1. The fraction of sp³-hybridized carbons (Fsp3) is 0.364. The number of hydrogen-bond acceptors (Lipinski definition) is 4. The summed E-state index contributed by atoms with van der Waals surface area (Å²) in [5.74, 6) is 0.486. The van der Waals surface area contributed by atoms with Gasteiger partial charge in [0.2, 0.25) is 0 Å². The van der Waals surface area contributed by atoms with Gasteiger partial charge in [0.1, 0.15) is 12.4 Å². The fourth-order valence-corrected chi connectivity index (χ4v) is 4.09. The van der Waals surface area contributed by atoms with E-state index in [4.69, 9.17) is 9.47 Å². The molecule has 1 unspecified atom stereocenters. The molecular weight excluding hydrogens is 356 g/mol. The smallest absolute Gasteiger partial charge is 0.257 e. The minimum atomic E-state index is -0.264. The number of ether oxygens (including phenoxy) is 2. The van der Waals surface area contributed by atoms with Crippen LogP contribution in [0.1, 0.15) is 16.8 Å². The molecule has 2 aliphatic rings. The van der Waals surface area contributed by atoms with E-state index in [0.717, 1.165) is 12.1 Å². The van der Waals surface area contributed by atoms with Gasteiger partial charge >= 0.3 is 0 Å². The number of likely N-dealkylation sites (tertiary alicyclic amines) is 1. The van der Waals surface area contributed by atoms with Crippen molar-refractivity contribution >= 4 is 17.5 Å². The van der Waals surface area contributed by atoms with Crippen molar-refractivity contribution in [3.63, 3.8) is 0 Å². The van der Waals surface area contributed by atoms with Gasteiger partial charge in [-0.3, -0.25) is 9.59 Å². The van der Waals surface area contributed by atoms with Crippen LogP contribution >= 0.6 is 0 Å². The molecule has 0 radical (unpaired) electrons. The molecule has 0 bridgehead atoms. The molecule has 0 saturated carbocycles. The molecule has 2 amide bonds. The van der Waals surface area contributed by atoms with Crippen molar-refractivity contribution in [3.05, 3.63) is 60.2 Å². The molecule has 28 heavy (non-hydrogen) atoms. The summed E-state index contributed by atoms with van der Waals surface area (Å²) in [5.41, 5.74) is 1.17. The lowest BCUT2D eigenvalue weighted by Gasteiger charge is -2.32. The Bertz CT molecular complexity index is 870. The number of para-hydroxylation sites is 2. The van der Waals surface area contributed by atoms with Gasteiger partial charge in [-0.2, -0.15) is 0 Å². The van der Waals surface area contributed by atoms with Gasteiger partial charge < -0.3 is 19.3 Å². The van der Waals surface area contributed by atoms with Gasteiger partial charge in [-0.05, 0) is 30.7 Å². The summed E-state index contributed by atoms with van der Waals surface area (Å²) in [5, 5.41) is 0. The molecule has 146 valence electrons. The number of rotatable bonds is 3. The Morgan fingerprint density at radius 3 is 2.61 bits per heavy atom. The summed E-state index contributed by atoms with van der Waals surface area (Å²) in [6, 6.07) is 16.9. The summed E-state index contributed by atoms with van der Waals surface area (Å²) in [7, 11) is 1.57. The third kappa shape index (κ3) is 3.47. The molecule has 0 N–H and O–H groups in total. The lowest BCUT2D eigenvalue weighted by molar-refractivity contribution is -0.122. The second kappa shape index (κ2) is 7.64. The van der Waals surface area contributed by atoms with E-state index in [-0.39, 0.29) is 23.8 Å². The van der Waals surface area contributed by atoms with Crippen LogP contribution in [-0.4, -0.2) is 56.7 Å². The lowest BCUT2D eigenvalue weighted by atomic mass is 9.87. The molecule has 2 aliphatic heterocycles. The van der Waals surface area contributed by atoms with E-state index in [2.05, 4.69) is 0 Å². The minimum Gasteiger partial charge on any atom is -0.496 e. The Labute approximate surface area is 164 Å². The van der Waals surface area contributed by atoms with Crippen molar-refractivity contribution in [1.82, 2.24) is 4.90 Å². The molecule has 2 aromatic carbocycles. The molecule has 2 fully saturated rings. The van der Waals surface area contributed by atoms with Crippen LogP contribution < -0.4 is 9.64 Å². The first-order chi connectivity index (χ1) is 13.6. The van der Waals surface area contributed by atoms with Crippen molar-refractivity contribution < 1.29 is 19.1 Å². The van der Waals surface area contributed by atoms with E-state index in [9.17, 15) is 9.59 Å². The van der Waals surface area contributed by atoms with Crippen molar-refractivity contribution in [2.24, 2.45) is 5.41 Å². The van der Waals surface area contributed by atoms with E-state index in [1.165, 1.54) is 0 Å². The van der Waals surface area contributed by atoms with Crippen LogP contribution in [0.3, 0.4) is 0 Å². The van der Waals surface area contributed by atoms with Crippen LogP contribution in [0.5, 0.6) is 5.75 Å². The Kier molecular flexibility index (Phi) is 5.05. The predicted octanol–water partition coefficient (Wildman–Crippen LogP) is 2.59. The highest BCUT2D eigenvalue weighted by Gasteiger charge is 2.44. The topological polar surface area (TPSA) is 59.1 Å². The zero-order valence-electron chi connectivity index (χ0n) is 16.0. The number of amides is 2. The van der Waals surface area contributed by atoms with Crippen LogP contribution in [-0.2, 0) is 9.53 Å². The van der Waals surface area contributed by atoms with Crippen molar-refractivity contribution in [2.75, 3.05) is 44.9 Å². The summed E-state index contributed by atoms with van der Waals surface area (Å²) in [6.45, 7) is 2.28. The standard InChI is InChI=1S/C22H24N2O4/c1-27-19-10-6-5-9-18(19)21(26)23-12-11-22(14-23)15-24(20(25)13-28-16-22)17-7-3-2-4-8-17/h2-10H,11-16H2,1H3. The predicted molar refractivity (Wildman–Crippen MR) is 106 cm³/mol. The highest BCUT2D eigenvalue weighted by molar-refractivity contribution is 5.97. The van der Waals surface area contributed by atoms with Crippen LogP contribution in [0.15, 0.2) is 54.6 Å². The van der Waals surface area contributed by atoms with Crippen LogP contribution in [0, 0.1) is 5.41 Å². The van der Waals surface area contributed by atoms with Crippen molar-refractivity contribution in [3.8, 4) is 5.75 Å². The van der Waals surface area contributed by atoms with E-state index in [1.54, 1.807) is 24.1 Å². The fourth-order valence-electron chi connectivity index (χ4n) is 4.09. The van der Waals surface area contributed by atoms with Crippen molar-refractivity contribution in [1.29, 1.82) is 0 Å². The number of nitrogens with zero attached hydrogens (tertiary/aromatic N) is 2. The van der Waals surface area contributed by atoms with Crippen molar-refractivity contribution in [2.45, 2.75) is 6.42 Å². The first kappa shape index (κ1) is 18.5. The monoisotopic (exact) mass is 380 g/mol. The van der Waals surface area contributed by atoms with Gasteiger partial charge in [-0.25, -0.2) is 0 Å². The van der Waals surface area contributed by atoms with Crippen LogP contribution in [0.25, 0.3) is 0 Å². The molecular formula is C22H24N2O4. The normalized spacial score (nSPS) is 22.4. The van der Waals surface area contributed by atoms with Crippen LogP contribution in [0.2, 0.25) is 0 Å². The Morgan fingerprint density at radius 1 is 1.07 bits per heavy atom. The molecule has 2 aromatic rings. The highest BCUT2D eigenvalue weighted by atomic mass is 16.5. The molecule has 6 heteroatoms. The average Bonchev–Trinajstić information content (AvgIpc) is 3.08. The number of methoxy groups -OCH3 is 1. The quantitative estimate of drug-likeness (QED) is 0.821. The minimum absolute atomic E-state index is 0.0439. The molecule has 2 heterocycles. The second-order valence-corrected chi connectivity index (χ2v) is 7.49. The first-order valence-electron chi connectivity index (χ1n) is 9.47. The second-order valence-electron chi connectivity index (χ2n) is 7.49. The number of hydrogen-bond donors (Lipinski definition) is 0. The third-order valence-corrected chi connectivity index (χ3v) is 5.56. The maximum absolute atomic E-state index is 13.1. The maximum atomic E-state index is 13.1. The third-order valence-electron chi connectivity index (χ3n) is 5.56. The average molecular weight is 380 g/mol. The Morgan fingerprint density at radius 2 is 1.82 bits per heavy atom. The van der Waals surface area contributed by atoms with E-state index >= 15 is 0 Å². The molecule has 2 saturated heterocycles. The van der Waals surface area contributed by atoms with Gasteiger partial charge in [0.25, 0.3) is 11.8 Å². The highest BCUT2D eigenvalue weighted by Crippen LogP contribution is 2.36. The maximum Gasteiger partial charge on any atom is 0.257 e. The zero-order chi connectivity index (χ0) is 19.6. The number of carbonyl (C=O) groups is 2. The Balaban J connectivity index is 1.56. The van der Waals surface area contributed by atoms with Crippen LogP contribution in [0.4, 0.5) is 5.69 Å². The Hall–Kier alpha value is -2.86. The molecule has 1 spiro atoms. The molecule has 1 atom stereocenters. The first-order valence-corrected chi connectivity index (χ1v) is 9.47. The number of carbonyl (C=O) groups excluding carboxylic acids is 2. The number of benzene rings is 2. The molecule has 0 aromatic heterocycles. The summed E-state index contributed by atoms with van der Waals surface area (Å²) in [4.78, 5) is 29.3. The van der Waals surface area contributed by atoms with E-state index < -0.39 is 0 Å². The molecule has 0 aliphatic carbocycles. The summed E-state index contributed by atoms with van der Waals surface area (Å²) >= 11 is 0. The zero-order valence-corrected chi connectivity index (χ0v) is 16.0. The van der Waals surface area contributed by atoms with E-state index in [0.29, 0.717) is 37.6 Å². The summed E-state index contributed by atoms with van der Waals surface area (Å²) < 4.78 is 11.1. The largest absolute Gasteiger partial charge is 0.496 e. The van der Waals surface area contributed by atoms with Gasteiger partial charge in [-0.15, -0.1) is 0 Å². The molecule has 4 rings (SSSR count). The van der Waals surface area contributed by atoms with E-state index in [1.807, 2.05) is 47.4 Å². The summed E-state index contributed by atoms with van der Waals surface area (Å²) in [6.07, 6.45) is 0.796. The molecule has 6 nitrogen and oxygen atoms in total.